The number of cyclic esters (lactones) is 1. The highest BCUT2D eigenvalue weighted by Crippen LogP contribution is 2.38. The van der Waals surface area contributed by atoms with Gasteiger partial charge in [-0.05, 0) is 6.42 Å². The number of hydrogen-bond acceptors (Lipinski definition) is 4. The van der Waals surface area contributed by atoms with E-state index in [0.717, 1.165) is 25.7 Å². The molecule has 1 aliphatic heterocycles. The van der Waals surface area contributed by atoms with E-state index in [1.54, 1.807) is 0 Å². The van der Waals surface area contributed by atoms with Crippen LogP contribution in [0.4, 0.5) is 0 Å². The summed E-state index contributed by atoms with van der Waals surface area (Å²) < 4.78 is 5.06. The Labute approximate surface area is 137 Å². The van der Waals surface area contributed by atoms with E-state index in [9.17, 15) is 24.9 Å². The van der Waals surface area contributed by atoms with Crippen LogP contribution in [0.5, 0.6) is 0 Å². The summed E-state index contributed by atoms with van der Waals surface area (Å²) in [4.78, 5) is 20.9. The van der Waals surface area contributed by atoms with Crippen molar-refractivity contribution in [3.05, 3.63) is 0 Å². The maximum absolute atomic E-state index is 11.4. The van der Waals surface area contributed by atoms with Crippen LogP contribution in [0.15, 0.2) is 0 Å². The van der Waals surface area contributed by atoms with Crippen molar-refractivity contribution >= 4 is 11.9 Å². The Balaban J connectivity index is 2.43. The first kappa shape index (κ1) is 19.9. The number of rotatable bonds is 12. The molecule has 0 aromatic heterocycles. The fraction of sp³-hybridized carbons (Fsp3) is 0.882. The van der Waals surface area contributed by atoms with Crippen molar-refractivity contribution in [2.45, 2.75) is 89.4 Å². The maximum Gasteiger partial charge on any atom is 0.527 e. The van der Waals surface area contributed by atoms with E-state index in [4.69, 9.17) is 4.74 Å². The Kier molecular flexibility index (Phi) is 8.55. The second-order valence-corrected chi connectivity index (χ2v) is 6.47. The molecule has 23 heavy (non-hydrogen) atoms. The molecule has 0 spiro atoms. The molecule has 0 radical (unpaired) electrons. The van der Waals surface area contributed by atoms with Gasteiger partial charge in [-0.3, -0.25) is 4.79 Å². The molecule has 1 rings (SSSR count). The summed E-state index contributed by atoms with van der Waals surface area (Å²) in [5.41, 5.74) is -1.67. The molecule has 0 aromatic rings. The average molecular weight is 331 g/mol. The molecular weight excluding hydrogens is 300 g/mol. The number of unbranched alkanes of at least 4 members (excludes halogenated alkanes) is 7. The van der Waals surface area contributed by atoms with Gasteiger partial charge in [-0.15, -0.1) is 0 Å². The minimum atomic E-state index is -1.76. The quantitative estimate of drug-likeness (QED) is 0.220. The third-order valence-corrected chi connectivity index (χ3v) is 4.70. The van der Waals surface area contributed by atoms with Crippen molar-refractivity contribution in [2.75, 3.05) is 0 Å². The average Bonchev–Trinajstić information content (AvgIpc) is 2.88. The highest BCUT2D eigenvalue weighted by atomic mass is 16.6. The van der Waals surface area contributed by atoms with E-state index in [1.807, 2.05) is 0 Å². The zero-order valence-corrected chi connectivity index (χ0v) is 14.0. The first-order chi connectivity index (χ1) is 10.9. The molecule has 134 valence electrons. The lowest BCUT2D eigenvalue weighted by molar-refractivity contribution is -0.167. The number of carboxylic acids is 1. The van der Waals surface area contributed by atoms with Crippen LogP contribution in [0.25, 0.3) is 0 Å². The van der Waals surface area contributed by atoms with Crippen LogP contribution in [0, 0.1) is 5.92 Å². The predicted molar refractivity (Wildman–Crippen MR) is 86.6 cm³/mol. The Hall–Kier alpha value is -1.14. The van der Waals surface area contributed by atoms with E-state index in [-0.39, 0.29) is 12.8 Å². The normalized spacial score (nSPS) is 22.3. The summed E-state index contributed by atoms with van der Waals surface area (Å²) in [5.74, 6) is -2.51. The number of carbonyl (C=O) groups excluding carboxylic acids is 1. The molecule has 1 fully saturated rings. The first-order valence-corrected chi connectivity index (χ1v) is 8.77. The summed E-state index contributed by atoms with van der Waals surface area (Å²) in [7, 11) is 0. The van der Waals surface area contributed by atoms with Crippen LogP contribution in [-0.4, -0.2) is 43.9 Å². The Morgan fingerprint density at radius 1 is 1.17 bits per heavy atom. The van der Waals surface area contributed by atoms with E-state index >= 15 is 0 Å². The van der Waals surface area contributed by atoms with E-state index in [0.29, 0.717) is 6.42 Å². The molecular formula is C17H31O6+. The van der Waals surface area contributed by atoms with Gasteiger partial charge in [-0.25, -0.2) is 0 Å². The molecule has 2 atom stereocenters. The molecule has 4 N–H and O–H groups in total. The lowest BCUT2D eigenvalue weighted by atomic mass is 9.80. The number of aliphatic hydroxyl groups is 2. The number of aliphatic carboxylic acids is 1. The molecule has 0 amide bonds. The van der Waals surface area contributed by atoms with Gasteiger partial charge in [0.25, 0.3) is 5.60 Å². The topological polar surface area (TPSA) is 108 Å². The summed E-state index contributed by atoms with van der Waals surface area (Å²) in [6, 6.07) is 0. The standard InChI is InChI=1S/C17H30O6/c1-2-3-4-5-6-7-8-9-10-13(15(19)20)17(16(21)22)12-11-14(18)23-17/h13,15,19-20H,2-12H2,1H3,(H,21,22)/p+1. The van der Waals surface area contributed by atoms with Gasteiger partial charge in [0.15, 0.2) is 6.29 Å². The van der Waals surface area contributed by atoms with Crippen LogP contribution in [0.3, 0.4) is 0 Å². The number of hydrogen-bond donors (Lipinski definition) is 3. The van der Waals surface area contributed by atoms with Crippen molar-refractivity contribution in [1.29, 1.82) is 0 Å². The minimum Gasteiger partial charge on any atom is -0.440 e. The van der Waals surface area contributed by atoms with Crippen molar-refractivity contribution < 1.29 is 29.6 Å². The van der Waals surface area contributed by atoms with E-state index in [1.165, 1.54) is 25.7 Å². The van der Waals surface area contributed by atoms with Gasteiger partial charge in [0, 0.05) is 6.42 Å². The molecule has 1 aliphatic rings. The zero-order chi connectivity index (χ0) is 17.3. The molecule has 1 saturated heterocycles. The maximum atomic E-state index is 11.4. The highest BCUT2D eigenvalue weighted by molar-refractivity contribution is 5.86. The van der Waals surface area contributed by atoms with Crippen molar-refractivity contribution in [3.63, 3.8) is 0 Å². The van der Waals surface area contributed by atoms with Gasteiger partial charge in [-0.2, -0.15) is 0 Å². The van der Waals surface area contributed by atoms with Gasteiger partial charge in [0.1, 0.15) is 0 Å². The van der Waals surface area contributed by atoms with Crippen LogP contribution in [0.2, 0.25) is 0 Å². The second-order valence-electron chi connectivity index (χ2n) is 6.47. The molecule has 6 heteroatoms. The van der Waals surface area contributed by atoms with Crippen molar-refractivity contribution in [2.24, 2.45) is 5.92 Å². The smallest absolute Gasteiger partial charge is 0.440 e. The summed E-state index contributed by atoms with van der Waals surface area (Å²) in [6.45, 7) is 2.18. The number of esters is 1. The summed E-state index contributed by atoms with van der Waals surface area (Å²) in [5, 5.41) is 28.7. The number of carbonyl (C=O) groups is 1. The van der Waals surface area contributed by atoms with Gasteiger partial charge in [-0.1, -0.05) is 58.3 Å². The lowest BCUT2D eigenvalue weighted by Crippen LogP contribution is -2.50. The molecule has 1 heterocycles. The molecule has 2 unspecified atom stereocenters. The lowest BCUT2D eigenvalue weighted by Gasteiger charge is -2.30. The zero-order valence-electron chi connectivity index (χ0n) is 14.0. The monoisotopic (exact) mass is 331 g/mol. The van der Waals surface area contributed by atoms with Crippen molar-refractivity contribution in [3.8, 4) is 0 Å². The fourth-order valence-electron chi connectivity index (χ4n) is 3.30. The number of carboxylic acid groups (broad SMARTS) is 1. The number of aliphatic hydroxyl groups excluding tert-OH is 2. The first-order valence-electron chi connectivity index (χ1n) is 8.77. The van der Waals surface area contributed by atoms with Crippen LogP contribution in [-0.2, 0) is 9.53 Å². The third kappa shape index (κ3) is 5.77. The SMILES string of the molecule is CCCCCCCCCCC(C(O)O)C1(C(O)=[OH+])CCC(=O)O1. The largest absolute Gasteiger partial charge is 0.527 e. The second kappa shape index (κ2) is 9.88. The van der Waals surface area contributed by atoms with E-state index in [2.05, 4.69) is 6.92 Å². The Bertz CT molecular complexity index is 381. The Morgan fingerprint density at radius 2 is 1.74 bits per heavy atom. The van der Waals surface area contributed by atoms with Gasteiger partial charge < -0.3 is 24.9 Å². The minimum absolute atomic E-state index is 0.0469. The van der Waals surface area contributed by atoms with Gasteiger partial charge >= 0.3 is 11.9 Å². The van der Waals surface area contributed by atoms with Gasteiger partial charge in [0.05, 0.1) is 12.3 Å². The van der Waals surface area contributed by atoms with Crippen LogP contribution < -0.4 is 0 Å². The van der Waals surface area contributed by atoms with Crippen molar-refractivity contribution in [1.82, 2.24) is 0 Å². The predicted octanol–water partition coefficient (Wildman–Crippen LogP) is 2.58. The summed E-state index contributed by atoms with van der Waals surface area (Å²) in [6.07, 6.45) is 7.55. The fourth-order valence-corrected chi connectivity index (χ4v) is 3.30. The highest BCUT2D eigenvalue weighted by Gasteiger charge is 2.59. The molecule has 0 saturated carbocycles. The van der Waals surface area contributed by atoms with Crippen LogP contribution in [0.1, 0.15) is 77.6 Å². The Morgan fingerprint density at radius 3 is 2.17 bits per heavy atom. The number of ether oxygens (including phenoxy) is 1. The summed E-state index contributed by atoms with van der Waals surface area (Å²) >= 11 is 0. The van der Waals surface area contributed by atoms with E-state index < -0.39 is 29.7 Å². The molecule has 0 bridgehead atoms. The van der Waals surface area contributed by atoms with Gasteiger partial charge in [0.2, 0.25) is 0 Å². The molecule has 0 aliphatic carbocycles. The third-order valence-electron chi connectivity index (χ3n) is 4.70. The van der Waals surface area contributed by atoms with Crippen LogP contribution >= 0.6 is 0 Å². The molecule has 6 nitrogen and oxygen atoms in total. The molecule has 0 aromatic carbocycles.